The smallest absolute Gasteiger partial charge is 0.100 e. The molecule has 1 fully saturated rings. The largest absolute Gasteiger partial charge is 0.400 e. The Bertz CT molecular complexity index is 68.7. The van der Waals surface area contributed by atoms with E-state index >= 15 is 0 Å². The highest BCUT2D eigenvalue weighted by Crippen LogP contribution is 2.15. The van der Waals surface area contributed by atoms with Crippen molar-refractivity contribution < 1.29 is 20.4 Å². The van der Waals surface area contributed by atoms with Crippen LogP contribution in [-0.4, -0.2) is 46.9 Å². The Morgan fingerprint density at radius 3 is 1.07 bits per heavy atom. The number of rotatable bonds is 2. The summed E-state index contributed by atoms with van der Waals surface area (Å²) in [5.41, 5.74) is 0. The maximum atomic E-state index is 8.17. The summed E-state index contributed by atoms with van der Waals surface area (Å²) < 4.78 is 0. The summed E-state index contributed by atoms with van der Waals surface area (Å²) in [6, 6.07) is 0. The average Bonchev–Trinajstić information content (AvgIpc) is 2.33. The van der Waals surface area contributed by atoms with Gasteiger partial charge in [-0.05, 0) is 0 Å². The van der Waals surface area contributed by atoms with Crippen molar-refractivity contribution in [3.63, 3.8) is 0 Å². The lowest BCUT2D eigenvalue weighted by Gasteiger charge is -2.05. The van der Waals surface area contributed by atoms with E-state index in [9.17, 15) is 0 Å². The molecule has 0 atom stereocenters. The predicted octanol–water partition coefficient (Wildman–Crippen LogP) is 0.281. The van der Waals surface area contributed by atoms with E-state index in [1.807, 2.05) is 0 Å². The van der Waals surface area contributed by atoms with Crippen molar-refractivity contribution in [1.82, 2.24) is 0 Å². The molecule has 0 heterocycles. The molecule has 88 valence electrons. The number of aliphatic hydroxyl groups is 4. The number of hydrogen-bond acceptors (Lipinski definition) is 4. The fraction of sp³-hybridized carbons (Fsp3) is 1.00. The molecule has 0 aliphatic heterocycles. The van der Waals surface area contributed by atoms with Crippen LogP contribution in [0, 0.1) is 0 Å². The molecule has 1 rings (SSSR count). The Hall–Kier alpha value is -0.160. The minimum Gasteiger partial charge on any atom is -0.400 e. The predicted molar refractivity (Wildman–Crippen MR) is 56.0 cm³/mol. The average molecular weight is 208 g/mol. The molecule has 14 heavy (non-hydrogen) atoms. The third-order valence-corrected chi connectivity index (χ3v) is 1.92. The zero-order valence-electron chi connectivity index (χ0n) is 9.02. The van der Waals surface area contributed by atoms with E-state index in [0.717, 1.165) is 7.11 Å². The first-order valence-electron chi connectivity index (χ1n) is 5.15. The maximum absolute atomic E-state index is 8.17. The van der Waals surface area contributed by atoms with Crippen molar-refractivity contribution in [1.29, 1.82) is 0 Å². The van der Waals surface area contributed by atoms with Gasteiger partial charge in [0.15, 0.2) is 0 Å². The van der Waals surface area contributed by atoms with Crippen molar-refractivity contribution in [2.24, 2.45) is 0 Å². The van der Waals surface area contributed by atoms with Gasteiger partial charge in [0.05, 0.1) is 13.2 Å². The molecule has 0 aromatic carbocycles. The Kier molecular flexibility index (Phi) is 17.8. The molecule has 0 spiro atoms. The van der Waals surface area contributed by atoms with E-state index in [1.54, 1.807) is 0 Å². The van der Waals surface area contributed by atoms with Gasteiger partial charge in [-0.15, -0.1) is 0 Å². The van der Waals surface area contributed by atoms with Crippen LogP contribution in [0.3, 0.4) is 0 Å². The summed E-state index contributed by atoms with van der Waals surface area (Å²) in [5.74, 6) is 0. The molecular formula is C10H24O4. The van der Waals surface area contributed by atoms with E-state index in [1.165, 1.54) is 38.5 Å². The molecule has 0 saturated heterocycles. The fourth-order valence-electron chi connectivity index (χ4n) is 1.12. The van der Waals surface area contributed by atoms with E-state index in [4.69, 9.17) is 20.4 Å². The van der Waals surface area contributed by atoms with Crippen molar-refractivity contribution in [2.45, 2.75) is 44.6 Å². The lowest BCUT2D eigenvalue weighted by molar-refractivity contribution is 0.0450. The van der Waals surface area contributed by atoms with E-state index in [2.05, 4.69) is 0 Å². The number of hydrogen-bond donors (Lipinski definition) is 4. The zero-order chi connectivity index (χ0) is 11.2. The third-order valence-electron chi connectivity index (χ3n) is 1.92. The van der Waals surface area contributed by atoms with Crippen LogP contribution in [0.5, 0.6) is 0 Å². The van der Waals surface area contributed by atoms with Crippen LogP contribution < -0.4 is 0 Å². The lowest BCUT2D eigenvalue weighted by Crippen LogP contribution is -2.15. The molecule has 4 heteroatoms. The van der Waals surface area contributed by atoms with Crippen LogP contribution in [-0.2, 0) is 0 Å². The molecule has 0 bridgehead atoms. The van der Waals surface area contributed by atoms with Gasteiger partial charge in [0, 0.05) is 7.11 Å². The summed E-state index contributed by atoms with van der Waals surface area (Å²) >= 11 is 0. The molecule has 1 aliphatic rings. The van der Waals surface area contributed by atoms with Crippen LogP contribution in [0.15, 0.2) is 0 Å². The molecule has 0 amide bonds. The summed E-state index contributed by atoms with van der Waals surface area (Å²) in [4.78, 5) is 0. The van der Waals surface area contributed by atoms with Gasteiger partial charge in [-0.1, -0.05) is 38.5 Å². The van der Waals surface area contributed by atoms with Crippen LogP contribution in [0.4, 0.5) is 0 Å². The Morgan fingerprint density at radius 2 is 1.00 bits per heavy atom. The molecular weight excluding hydrogens is 184 g/mol. The fourth-order valence-corrected chi connectivity index (χ4v) is 1.12. The second-order valence-corrected chi connectivity index (χ2v) is 3.14. The van der Waals surface area contributed by atoms with E-state index in [0.29, 0.717) is 0 Å². The summed E-state index contributed by atoms with van der Waals surface area (Å²) in [6.07, 6.45) is 8.05. The first-order chi connectivity index (χ1) is 6.81. The minimum absolute atomic E-state index is 0.365. The molecule has 0 radical (unpaired) electrons. The second kappa shape index (κ2) is 15.3. The van der Waals surface area contributed by atoms with Gasteiger partial charge < -0.3 is 20.4 Å². The normalized spacial score (nSPS) is 15.0. The monoisotopic (exact) mass is 208 g/mol. The van der Waals surface area contributed by atoms with Crippen LogP contribution >= 0.6 is 0 Å². The van der Waals surface area contributed by atoms with Crippen LogP contribution in [0.2, 0.25) is 0 Å². The van der Waals surface area contributed by atoms with Gasteiger partial charge in [-0.25, -0.2) is 0 Å². The third kappa shape index (κ3) is 14.4. The maximum Gasteiger partial charge on any atom is 0.100 e. The summed E-state index contributed by atoms with van der Waals surface area (Å²) in [7, 11) is 1.00. The summed E-state index contributed by atoms with van der Waals surface area (Å²) in [5, 5.41) is 31.0. The van der Waals surface area contributed by atoms with E-state index in [-0.39, 0.29) is 13.2 Å². The summed E-state index contributed by atoms with van der Waals surface area (Å²) in [6.45, 7) is -0.729. The van der Waals surface area contributed by atoms with Crippen molar-refractivity contribution >= 4 is 0 Å². The van der Waals surface area contributed by atoms with Crippen LogP contribution in [0.25, 0.3) is 0 Å². The van der Waals surface area contributed by atoms with Crippen LogP contribution in [0.1, 0.15) is 38.5 Å². The van der Waals surface area contributed by atoms with Gasteiger partial charge in [0.1, 0.15) is 6.10 Å². The molecule has 1 aliphatic carbocycles. The Labute approximate surface area is 86.2 Å². The molecule has 0 aromatic heterocycles. The van der Waals surface area contributed by atoms with Gasteiger partial charge in [-0.3, -0.25) is 0 Å². The van der Waals surface area contributed by atoms with Gasteiger partial charge >= 0.3 is 0 Å². The number of aliphatic hydroxyl groups excluding tert-OH is 4. The van der Waals surface area contributed by atoms with E-state index < -0.39 is 6.10 Å². The molecule has 4 nitrogen and oxygen atoms in total. The first-order valence-corrected chi connectivity index (χ1v) is 5.15. The molecule has 1 saturated carbocycles. The SMILES string of the molecule is C1CCCCC1.CO.OCC(O)CO. The molecule has 4 N–H and O–H groups in total. The Morgan fingerprint density at radius 1 is 0.786 bits per heavy atom. The van der Waals surface area contributed by atoms with Gasteiger partial charge in [0.2, 0.25) is 0 Å². The molecule has 0 unspecified atom stereocenters. The minimum atomic E-state index is -0.954. The van der Waals surface area contributed by atoms with Crippen molar-refractivity contribution in [2.75, 3.05) is 20.3 Å². The molecule has 0 aromatic rings. The topological polar surface area (TPSA) is 80.9 Å². The standard InChI is InChI=1S/C6H12.C3H8O3.CH4O/c1-2-4-6-5-3-1;4-1-3(6)2-5;1-2/h1-6H2;3-6H,1-2H2;2H,1H3. The van der Waals surface area contributed by atoms with Crippen molar-refractivity contribution in [3.05, 3.63) is 0 Å². The lowest BCUT2D eigenvalue weighted by atomic mass is 10.0. The Balaban J connectivity index is 0. The van der Waals surface area contributed by atoms with Crippen molar-refractivity contribution in [3.8, 4) is 0 Å². The highest BCUT2D eigenvalue weighted by molar-refractivity contribution is 4.51. The highest BCUT2D eigenvalue weighted by Gasteiger charge is 1.95. The van der Waals surface area contributed by atoms with Gasteiger partial charge in [0.25, 0.3) is 0 Å². The quantitative estimate of drug-likeness (QED) is 0.525. The van der Waals surface area contributed by atoms with Gasteiger partial charge in [-0.2, -0.15) is 0 Å². The highest BCUT2D eigenvalue weighted by atomic mass is 16.3. The first kappa shape index (κ1) is 16.3. The second-order valence-electron chi connectivity index (χ2n) is 3.14. The zero-order valence-corrected chi connectivity index (χ0v) is 9.02.